The second-order valence-electron chi connectivity index (χ2n) is 16.2. The van der Waals surface area contributed by atoms with Crippen molar-refractivity contribution in [2.75, 3.05) is 23.0 Å². The first-order chi connectivity index (χ1) is 35.0. The Morgan fingerprint density at radius 3 is 1.93 bits per heavy atom. The fraction of sp³-hybridized carbons (Fsp3) is 0.212. The maximum atomic E-state index is 14.1. The van der Waals surface area contributed by atoms with E-state index >= 15 is 0 Å². The van der Waals surface area contributed by atoms with E-state index in [0.29, 0.717) is 22.8 Å². The highest BCUT2D eigenvalue weighted by molar-refractivity contribution is 8.00. The number of nitrogen functional groups attached to an aromatic ring is 1. The number of carboxylic acid groups (broad SMARTS) is 1. The molecule has 21 heteroatoms. The van der Waals surface area contributed by atoms with Gasteiger partial charge in [-0.25, -0.2) is 19.6 Å². The molecule has 5 aromatic carbocycles. The van der Waals surface area contributed by atoms with Crippen LogP contribution in [0, 0.1) is 0 Å². The predicted octanol–water partition coefficient (Wildman–Crippen LogP) is 6.71. The first-order valence-corrected chi connectivity index (χ1v) is 23.6. The normalized spacial score (nSPS) is 12.3. The number of nitrogens with two attached hydrogens (primary N) is 1. The summed E-state index contributed by atoms with van der Waals surface area (Å²) in [6, 6.07) is 37.3. The van der Waals surface area contributed by atoms with E-state index in [1.54, 1.807) is 24.3 Å². The molecule has 7 rings (SSSR count). The second-order valence-corrected chi connectivity index (χ2v) is 17.5. The fourth-order valence-corrected chi connectivity index (χ4v) is 9.27. The Hall–Kier alpha value is -8.59. The summed E-state index contributed by atoms with van der Waals surface area (Å²) in [7, 11) is 0. The minimum Gasteiger partial charge on any atom is -0.494 e. The Morgan fingerprint density at radius 1 is 0.795 bits per heavy atom. The number of carboxylic acids is 1. The van der Waals surface area contributed by atoms with Crippen molar-refractivity contribution < 1.29 is 51.7 Å². The number of rotatable bonds is 21. The van der Waals surface area contributed by atoms with Gasteiger partial charge in [0.15, 0.2) is 11.2 Å². The van der Waals surface area contributed by atoms with E-state index in [1.165, 1.54) is 11.8 Å². The van der Waals surface area contributed by atoms with Gasteiger partial charge in [-0.3, -0.25) is 29.1 Å². The summed E-state index contributed by atoms with van der Waals surface area (Å²) in [4.78, 5) is 93.1. The quantitative estimate of drug-likeness (QED) is 0.0371. The van der Waals surface area contributed by atoms with Crippen LogP contribution in [0.25, 0.3) is 11.2 Å². The molecule has 0 aliphatic carbocycles. The number of thioether (sulfide) groups is 1. The third-order valence-electron chi connectivity index (χ3n) is 11.2. The van der Waals surface area contributed by atoms with Crippen LogP contribution < -0.4 is 31.6 Å². The number of benzene rings is 5. The number of esters is 1. The average molecular weight is 1020 g/mol. The summed E-state index contributed by atoms with van der Waals surface area (Å²) in [5.41, 5.74) is 6.77. The van der Waals surface area contributed by atoms with E-state index in [1.807, 2.05) is 97.9 Å². The van der Waals surface area contributed by atoms with E-state index < -0.39 is 77.6 Å². The van der Waals surface area contributed by atoms with Crippen LogP contribution in [0.1, 0.15) is 58.1 Å². The zero-order valence-electron chi connectivity index (χ0n) is 38.9. The summed E-state index contributed by atoms with van der Waals surface area (Å²) in [5, 5.41) is 15.2. The smallest absolute Gasteiger partial charge is 0.471 e. The van der Waals surface area contributed by atoms with Crippen molar-refractivity contribution in [3.05, 3.63) is 190 Å². The number of H-pyrrole nitrogens is 1. The zero-order chi connectivity index (χ0) is 52.1. The van der Waals surface area contributed by atoms with Crippen molar-refractivity contribution in [2.24, 2.45) is 0 Å². The number of anilines is 2. The number of aromatic amines is 1. The second kappa shape index (κ2) is 23.5. The molecule has 6 N–H and O–H groups in total. The third-order valence-corrected chi connectivity index (χ3v) is 12.9. The molecule has 0 saturated heterocycles. The highest BCUT2D eigenvalue weighted by Gasteiger charge is 2.43. The standard InChI is InChI=1S/C52H47F3N8O9S/c1-2-71-39-24-18-32(19-25-39)30-72-48(69)41(31-73-51(34-12-6-3-7-13-34,35-14-8-4-9-15-35)36-16-10-5-11-17-36)59-42(64)27-26-40(47(67)68)60-45(65)33-20-22-38(23-21-33)63(49(70)52(53,54)55)29-37-28-57-44-43(58-37)46(66)62-50(56)61-44/h3-25,28,40-41H,2,26-27,29-31H2,1H3,(H,59,64)(H,60,65)(H,67,68)(H3,56,57,61,62,66)/t40-,41-/m1/s1. The molecule has 0 aliphatic rings. The molecule has 3 amide bonds. The van der Waals surface area contributed by atoms with Gasteiger partial charge in [0.05, 0.1) is 29.8 Å². The molecule has 0 radical (unpaired) electrons. The van der Waals surface area contributed by atoms with Gasteiger partial charge in [-0.15, -0.1) is 11.8 Å². The van der Waals surface area contributed by atoms with Gasteiger partial charge in [0.25, 0.3) is 11.5 Å². The first kappa shape index (κ1) is 52.2. The van der Waals surface area contributed by atoms with Crippen molar-refractivity contribution in [3.8, 4) is 5.75 Å². The number of fused-ring (bicyclic) bond motifs is 1. The SMILES string of the molecule is CCOc1ccc(COC(=O)[C@@H](CSC(c2ccccc2)(c2ccccc2)c2ccccc2)NC(=O)CC[C@@H](NC(=O)c2ccc(N(Cc3cnc4nc(N)[nH]c(=O)c4n3)C(=O)C(F)(F)F)cc2)C(=O)O)cc1. The number of carbonyl (C=O) groups excluding carboxylic acids is 4. The molecule has 17 nitrogen and oxygen atoms in total. The van der Waals surface area contributed by atoms with E-state index in [9.17, 15) is 47.0 Å². The predicted molar refractivity (Wildman–Crippen MR) is 265 cm³/mol. The molecule has 2 aromatic heterocycles. The molecule has 0 bridgehead atoms. The van der Waals surface area contributed by atoms with Crippen LogP contribution in [-0.2, 0) is 41.8 Å². The molecule has 0 fully saturated rings. The number of aliphatic carboxylic acids is 1. The summed E-state index contributed by atoms with van der Waals surface area (Å²) in [6.07, 6.45) is -5.27. The number of hydrogen-bond donors (Lipinski definition) is 5. The number of nitrogens with one attached hydrogen (secondary N) is 3. The van der Waals surface area contributed by atoms with E-state index in [2.05, 4.69) is 30.6 Å². The fourth-order valence-electron chi connectivity index (χ4n) is 7.73. The Bertz CT molecular complexity index is 3020. The van der Waals surface area contributed by atoms with Crippen molar-refractivity contribution in [1.82, 2.24) is 30.6 Å². The van der Waals surface area contributed by atoms with Crippen LogP contribution >= 0.6 is 11.8 Å². The molecule has 73 heavy (non-hydrogen) atoms. The Labute approximate surface area is 419 Å². The van der Waals surface area contributed by atoms with Crippen LogP contribution in [0.15, 0.2) is 151 Å². The minimum absolute atomic E-state index is 0.0177. The number of alkyl halides is 3. The van der Waals surface area contributed by atoms with Crippen LogP contribution in [0.3, 0.4) is 0 Å². The number of amides is 3. The highest BCUT2D eigenvalue weighted by Crippen LogP contribution is 2.48. The lowest BCUT2D eigenvalue weighted by atomic mass is 9.84. The number of aromatic nitrogens is 4. The molecule has 2 atom stereocenters. The van der Waals surface area contributed by atoms with Crippen molar-refractivity contribution >= 4 is 64.2 Å². The number of hydrogen-bond acceptors (Lipinski definition) is 13. The van der Waals surface area contributed by atoms with E-state index in [0.717, 1.165) is 47.2 Å². The van der Waals surface area contributed by atoms with Crippen molar-refractivity contribution in [3.63, 3.8) is 0 Å². The monoisotopic (exact) mass is 1020 g/mol. The Balaban J connectivity index is 1.07. The van der Waals surface area contributed by atoms with Gasteiger partial charge < -0.3 is 30.9 Å². The Kier molecular flexibility index (Phi) is 16.9. The number of halogens is 3. The molecule has 376 valence electrons. The topological polar surface area (TPSA) is 249 Å². The van der Waals surface area contributed by atoms with Gasteiger partial charge in [0, 0.05) is 23.4 Å². The van der Waals surface area contributed by atoms with E-state index in [4.69, 9.17) is 15.2 Å². The molecule has 0 saturated carbocycles. The number of carbonyl (C=O) groups is 5. The van der Waals surface area contributed by atoms with Crippen LogP contribution in [0.2, 0.25) is 0 Å². The van der Waals surface area contributed by atoms with Crippen LogP contribution in [0.5, 0.6) is 5.75 Å². The minimum atomic E-state index is -5.36. The molecular weight excluding hydrogens is 970 g/mol. The molecule has 0 spiro atoms. The molecule has 0 unspecified atom stereocenters. The van der Waals surface area contributed by atoms with Gasteiger partial charge in [-0.05, 0) is 72.0 Å². The number of nitrogens with zero attached hydrogens (tertiary/aromatic N) is 4. The van der Waals surface area contributed by atoms with Crippen LogP contribution in [0.4, 0.5) is 24.8 Å². The molecule has 0 aliphatic heterocycles. The number of ether oxygens (including phenoxy) is 2. The van der Waals surface area contributed by atoms with Gasteiger partial charge in [0.2, 0.25) is 11.9 Å². The zero-order valence-corrected chi connectivity index (χ0v) is 39.7. The summed E-state index contributed by atoms with van der Waals surface area (Å²) in [5.74, 6) is -5.92. The van der Waals surface area contributed by atoms with E-state index in [-0.39, 0.29) is 46.4 Å². The lowest BCUT2D eigenvalue weighted by Crippen LogP contribution is -2.46. The first-order valence-electron chi connectivity index (χ1n) is 22.6. The van der Waals surface area contributed by atoms with Crippen molar-refractivity contribution in [1.29, 1.82) is 0 Å². The summed E-state index contributed by atoms with van der Waals surface area (Å²) in [6.45, 7) is 1.37. The highest BCUT2D eigenvalue weighted by atomic mass is 32.2. The van der Waals surface area contributed by atoms with Crippen LogP contribution in [-0.4, -0.2) is 85.3 Å². The van der Waals surface area contributed by atoms with Gasteiger partial charge in [0.1, 0.15) is 24.4 Å². The molecule has 2 heterocycles. The molecular formula is C52H47F3N8O9S. The van der Waals surface area contributed by atoms with Crippen molar-refractivity contribution in [2.45, 2.75) is 55.9 Å². The lowest BCUT2D eigenvalue weighted by molar-refractivity contribution is -0.170. The maximum Gasteiger partial charge on any atom is 0.471 e. The Morgan fingerprint density at radius 2 is 1.38 bits per heavy atom. The van der Waals surface area contributed by atoms with Gasteiger partial charge in [-0.1, -0.05) is 103 Å². The van der Waals surface area contributed by atoms with Gasteiger partial charge >= 0.3 is 24.0 Å². The summed E-state index contributed by atoms with van der Waals surface area (Å²) < 4.78 is 51.9. The average Bonchev–Trinajstić information content (AvgIpc) is 3.39. The largest absolute Gasteiger partial charge is 0.494 e. The summed E-state index contributed by atoms with van der Waals surface area (Å²) >= 11 is 1.39. The van der Waals surface area contributed by atoms with Gasteiger partial charge in [-0.2, -0.15) is 18.2 Å². The lowest BCUT2D eigenvalue weighted by Gasteiger charge is -2.36. The maximum absolute atomic E-state index is 14.1. The third kappa shape index (κ3) is 13.0. The molecule has 7 aromatic rings.